The van der Waals surface area contributed by atoms with E-state index in [4.69, 9.17) is 14.2 Å². The zero-order valence-corrected chi connectivity index (χ0v) is 23.7. The van der Waals surface area contributed by atoms with Crippen LogP contribution in [0.4, 0.5) is 0 Å². The molecule has 5 atom stereocenters. The minimum absolute atomic E-state index is 0.360. The summed E-state index contributed by atoms with van der Waals surface area (Å²) < 4.78 is 17.4. The zero-order chi connectivity index (χ0) is 26.3. The highest BCUT2D eigenvalue weighted by Gasteiger charge is 2.45. The first-order valence-electron chi connectivity index (χ1n) is 15.5. The maximum Gasteiger partial charge on any atom is 0.184 e. The number of unbranched alkanes of at least 4 members (excludes halogenated alkanes) is 18. The lowest BCUT2D eigenvalue weighted by molar-refractivity contribution is -0.303. The van der Waals surface area contributed by atoms with Gasteiger partial charge in [-0.25, -0.2) is 0 Å². The third-order valence-electron chi connectivity index (χ3n) is 7.43. The lowest BCUT2D eigenvalue weighted by atomic mass is 9.98. The molecule has 6 nitrogen and oxygen atoms in total. The first-order valence-corrected chi connectivity index (χ1v) is 15.5. The number of rotatable bonds is 25. The Hall–Kier alpha value is -0.240. The van der Waals surface area contributed by atoms with E-state index >= 15 is 0 Å². The van der Waals surface area contributed by atoms with Gasteiger partial charge in [-0.05, 0) is 12.8 Å². The van der Waals surface area contributed by atoms with Gasteiger partial charge >= 0.3 is 0 Å². The zero-order valence-electron chi connectivity index (χ0n) is 23.7. The average Bonchev–Trinajstić information content (AvgIpc) is 2.88. The third kappa shape index (κ3) is 15.9. The van der Waals surface area contributed by atoms with Crippen LogP contribution < -0.4 is 0 Å². The van der Waals surface area contributed by atoms with Crippen LogP contribution in [0.15, 0.2) is 0 Å². The van der Waals surface area contributed by atoms with Gasteiger partial charge in [-0.3, -0.25) is 0 Å². The molecule has 0 amide bonds. The van der Waals surface area contributed by atoms with Crippen LogP contribution in [0.25, 0.3) is 0 Å². The van der Waals surface area contributed by atoms with Gasteiger partial charge in [0, 0.05) is 13.2 Å². The predicted molar refractivity (Wildman–Crippen MR) is 147 cm³/mol. The van der Waals surface area contributed by atoms with Gasteiger partial charge in [0.1, 0.15) is 24.4 Å². The lowest BCUT2D eigenvalue weighted by Gasteiger charge is -2.42. The second-order valence-corrected chi connectivity index (χ2v) is 10.8. The van der Waals surface area contributed by atoms with Gasteiger partial charge in [-0.1, -0.05) is 129 Å². The molecule has 3 N–H and O–H groups in total. The van der Waals surface area contributed by atoms with E-state index in [2.05, 4.69) is 13.8 Å². The number of hydrogen-bond acceptors (Lipinski definition) is 6. The van der Waals surface area contributed by atoms with E-state index in [-0.39, 0.29) is 6.61 Å². The highest BCUT2D eigenvalue weighted by Crippen LogP contribution is 2.25. The number of ether oxygens (including phenoxy) is 3. The SMILES string of the molecule is CCCCCCCCCCCCO[C@H]1[C@H](O)[C@@H](CO)O[C@H](O)[C@H]1OCCCCCCCCCCCC. The number of aliphatic hydroxyl groups excluding tert-OH is 3. The molecule has 0 saturated carbocycles. The molecule has 0 aromatic carbocycles. The Morgan fingerprint density at radius 1 is 0.528 bits per heavy atom. The normalized spacial score (nSPS) is 24.4. The van der Waals surface area contributed by atoms with Crippen molar-refractivity contribution in [2.24, 2.45) is 0 Å². The molecule has 216 valence electrons. The van der Waals surface area contributed by atoms with Gasteiger partial charge in [0.25, 0.3) is 0 Å². The summed E-state index contributed by atoms with van der Waals surface area (Å²) in [5.74, 6) is 0. The minimum Gasteiger partial charge on any atom is -0.394 e. The van der Waals surface area contributed by atoms with Crippen LogP contribution in [0.2, 0.25) is 0 Å². The fourth-order valence-electron chi connectivity index (χ4n) is 5.04. The summed E-state index contributed by atoms with van der Waals surface area (Å²) in [6.45, 7) is 5.16. The van der Waals surface area contributed by atoms with Crippen molar-refractivity contribution in [1.29, 1.82) is 0 Å². The maximum atomic E-state index is 10.7. The molecule has 0 aromatic heterocycles. The van der Waals surface area contributed by atoms with E-state index < -0.39 is 30.7 Å². The second kappa shape index (κ2) is 23.8. The molecule has 1 aliphatic heterocycles. The van der Waals surface area contributed by atoms with Gasteiger partial charge in [0.2, 0.25) is 0 Å². The molecule has 6 heteroatoms. The minimum atomic E-state index is -1.20. The smallest absolute Gasteiger partial charge is 0.184 e. The van der Waals surface area contributed by atoms with Crippen LogP contribution >= 0.6 is 0 Å². The summed E-state index contributed by atoms with van der Waals surface area (Å²) in [5.41, 5.74) is 0. The molecule has 1 saturated heterocycles. The Kier molecular flexibility index (Phi) is 22.4. The van der Waals surface area contributed by atoms with E-state index in [9.17, 15) is 15.3 Å². The Morgan fingerprint density at radius 3 is 1.28 bits per heavy atom. The molecule has 1 aliphatic rings. The summed E-state index contributed by atoms with van der Waals surface area (Å²) in [6.07, 6.45) is 20.5. The van der Waals surface area contributed by atoms with Crippen LogP contribution in [0.5, 0.6) is 0 Å². The average molecular weight is 517 g/mol. The summed E-state index contributed by atoms with van der Waals surface area (Å²) in [5, 5.41) is 30.6. The number of aliphatic hydroxyl groups is 3. The van der Waals surface area contributed by atoms with Gasteiger partial charge in [0.15, 0.2) is 6.29 Å². The summed E-state index contributed by atoms with van der Waals surface area (Å²) in [4.78, 5) is 0. The van der Waals surface area contributed by atoms with Crippen molar-refractivity contribution in [1.82, 2.24) is 0 Å². The van der Waals surface area contributed by atoms with Gasteiger partial charge in [-0.15, -0.1) is 0 Å². The highest BCUT2D eigenvalue weighted by molar-refractivity contribution is 4.90. The second-order valence-electron chi connectivity index (χ2n) is 10.8. The molecular weight excluding hydrogens is 456 g/mol. The van der Waals surface area contributed by atoms with Crippen molar-refractivity contribution in [2.45, 2.75) is 173 Å². The highest BCUT2D eigenvalue weighted by atomic mass is 16.7. The van der Waals surface area contributed by atoms with E-state index in [1.54, 1.807) is 0 Å². The molecule has 0 radical (unpaired) electrons. The van der Waals surface area contributed by atoms with Crippen LogP contribution in [0, 0.1) is 0 Å². The van der Waals surface area contributed by atoms with E-state index in [0.717, 1.165) is 25.7 Å². The number of hydrogen-bond donors (Lipinski definition) is 3. The van der Waals surface area contributed by atoms with Gasteiger partial charge < -0.3 is 29.5 Å². The summed E-state index contributed by atoms with van der Waals surface area (Å²) in [7, 11) is 0. The monoisotopic (exact) mass is 516 g/mol. The fraction of sp³-hybridized carbons (Fsp3) is 1.00. The molecule has 1 fully saturated rings. The van der Waals surface area contributed by atoms with E-state index in [0.29, 0.717) is 13.2 Å². The molecule has 0 spiro atoms. The van der Waals surface area contributed by atoms with E-state index in [1.165, 1.54) is 103 Å². The van der Waals surface area contributed by atoms with Crippen molar-refractivity contribution in [2.75, 3.05) is 19.8 Å². The molecule has 36 heavy (non-hydrogen) atoms. The predicted octanol–water partition coefficient (Wildman–Crippen LogP) is 6.67. The molecule has 0 aliphatic carbocycles. The molecule has 1 rings (SSSR count). The standard InChI is InChI=1S/C30H60O6/c1-3-5-7-9-11-13-15-17-19-21-23-34-28-27(32)26(25-31)36-30(33)29(28)35-24-22-20-18-16-14-12-10-8-6-4-2/h26-33H,3-25H2,1-2H3/t26-,27-,28+,29+,30+/m1/s1. The first-order chi connectivity index (χ1) is 17.7. The Balaban J connectivity index is 2.21. The van der Waals surface area contributed by atoms with E-state index in [1.807, 2.05) is 0 Å². The Morgan fingerprint density at radius 2 is 0.889 bits per heavy atom. The topological polar surface area (TPSA) is 88.4 Å². The van der Waals surface area contributed by atoms with Crippen molar-refractivity contribution < 1.29 is 29.5 Å². The van der Waals surface area contributed by atoms with Crippen LogP contribution in [-0.4, -0.2) is 65.8 Å². The van der Waals surface area contributed by atoms with Crippen molar-refractivity contribution in [3.8, 4) is 0 Å². The quantitative estimate of drug-likeness (QED) is 0.117. The first kappa shape index (κ1) is 33.8. The van der Waals surface area contributed by atoms with Crippen molar-refractivity contribution in [3.05, 3.63) is 0 Å². The maximum absolute atomic E-state index is 10.7. The molecule has 0 aromatic rings. The largest absolute Gasteiger partial charge is 0.394 e. The van der Waals surface area contributed by atoms with Crippen molar-refractivity contribution >= 4 is 0 Å². The van der Waals surface area contributed by atoms with Gasteiger partial charge in [0.05, 0.1) is 6.61 Å². The summed E-state index contributed by atoms with van der Waals surface area (Å²) >= 11 is 0. The Bertz CT molecular complexity index is 463. The summed E-state index contributed by atoms with van der Waals surface area (Å²) in [6, 6.07) is 0. The molecular formula is C30H60O6. The molecule has 0 unspecified atom stereocenters. The van der Waals surface area contributed by atoms with Crippen LogP contribution in [0.3, 0.4) is 0 Å². The fourth-order valence-corrected chi connectivity index (χ4v) is 5.04. The van der Waals surface area contributed by atoms with Crippen molar-refractivity contribution in [3.63, 3.8) is 0 Å². The van der Waals surface area contributed by atoms with Gasteiger partial charge in [-0.2, -0.15) is 0 Å². The van der Waals surface area contributed by atoms with Crippen LogP contribution in [-0.2, 0) is 14.2 Å². The lowest BCUT2D eigenvalue weighted by Crippen LogP contribution is -2.60. The Labute approximate surface area is 222 Å². The third-order valence-corrected chi connectivity index (χ3v) is 7.43. The molecule has 1 heterocycles. The molecule has 0 bridgehead atoms. The van der Waals surface area contributed by atoms with Crippen LogP contribution in [0.1, 0.15) is 142 Å².